The Morgan fingerprint density at radius 3 is 2.04 bits per heavy atom. The molecule has 134 valence electrons. The Labute approximate surface area is 151 Å². The minimum atomic E-state index is -0.377. The molecule has 0 aliphatic rings. The Morgan fingerprint density at radius 2 is 1.50 bits per heavy atom. The van der Waals surface area contributed by atoms with Gasteiger partial charge in [0.15, 0.2) is 11.5 Å². The van der Waals surface area contributed by atoms with Crippen molar-refractivity contribution in [1.29, 1.82) is 5.26 Å². The molecule has 0 saturated heterocycles. The quantitative estimate of drug-likeness (QED) is 0.797. The number of methoxy groups -OCH3 is 2. The minimum absolute atomic E-state index is 0.182. The highest BCUT2D eigenvalue weighted by atomic mass is 16.5. The summed E-state index contributed by atoms with van der Waals surface area (Å²) in [7, 11) is 3.09. The number of benzene rings is 2. The second kappa shape index (κ2) is 9.08. The molecular formula is C19H19N3O4. The third-order valence-electron chi connectivity index (χ3n) is 3.50. The lowest BCUT2D eigenvalue weighted by molar-refractivity contribution is -0.116. The molecule has 0 spiro atoms. The van der Waals surface area contributed by atoms with Crippen LogP contribution in [-0.2, 0) is 16.0 Å². The molecule has 0 saturated carbocycles. The fourth-order valence-corrected chi connectivity index (χ4v) is 2.30. The first-order chi connectivity index (χ1) is 12.5. The first kappa shape index (κ1) is 18.8. The van der Waals surface area contributed by atoms with Gasteiger partial charge in [0.2, 0.25) is 11.8 Å². The van der Waals surface area contributed by atoms with E-state index in [0.29, 0.717) is 22.9 Å². The molecule has 0 aliphatic carbocycles. The van der Waals surface area contributed by atoms with E-state index in [0.717, 1.165) is 5.56 Å². The number of hydrogen-bond acceptors (Lipinski definition) is 5. The van der Waals surface area contributed by atoms with E-state index >= 15 is 0 Å². The van der Waals surface area contributed by atoms with Crippen LogP contribution in [0.2, 0.25) is 0 Å². The molecule has 0 unspecified atom stereocenters. The van der Waals surface area contributed by atoms with Crippen molar-refractivity contribution in [2.45, 2.75) is 12.8 Å². The molecule has 0 aliphatic heterocycles. The zero-order valence-corrected chi connectivity index (χ0v) is 14.5. The van der Waals surface area contributed by atoms with Crippen LogP contribution in [0.1, 0.15) is 12.0 Å². The summed E-state index contributed by atoms with van der Waals surface area (Å²) in [6, 6.07) is 13.7. The molecule has 0 radical (unpaired) electrons. The molecule has 0 atom stereocenters. The van der Waals surface area contributed by atoms with Gasteiger partial charge < -0.3 is 20.1 Å². The number of carbonyl (C=O) groups is 2. The van der Waals surface area contributed by atoms with E-state index in [1.165, 1.54) is 0 Å². The molecule has 2 amide bonds. The van der Waals surface area contributed by atoms with Gasteiger partial charge in [-0.3, -0.25) is 9.59 Å². The molecule has 2 aromatic rings. The maximum Gasteiger partial charge on any atom is 0.238 e. The van der Waals surface area contributed by atoms with Crippen LogP contribution in [0, 0.1) is 11.3 Å². The number of amides is 2. The molecule has 26 heavy (non-hydrogen) atoms. The minimum Gasteiger partial charge on any atom is -0.493 e. The SMILES string of the molecule is COc1ccc(CC(=O)Nc2ccc(NC(=O)CC#N)cc2)cc1OC. The Balaban J connectivity index is 1.95. The van der Waals surface area contributed by atoms with Gasteiger partial charge in [-0.05, 0) is 42.0 Å². The third-order valence-corrected chi connectivity index (χ3v) is 3.50. The molecule has 2 N–H and O–H groups in total. The maximum atomic E-state index is 12.2. The van der Waals surface area contributed by atoms with Crippen molar-refractivity contribution in [2.75, 3.05) is 24.9 Å². The predicted octanol–water partition coefficient (Wildman–Crippen LogP) is 2.74. The monoisotopic (exact) mass is 353 g/mol. The topological polar surface area (TPSA) is 100 Å². The Morgan fingerprint density at radius 1 is 0.923 bits per heavy atom. The first-order valence-corrected chi connectivity index (χ1v) is 7.83. The average molecular weight is 353 g/mol. The average Bonchev–Trinajstić information content (AvgIpc) is 2.63. The Bertz CT molecular complexity index is 826. The van der Waals surface area contributed by atoms with E-state index in [9.17, 15) is 9.59 Å². The molecule has 2 rings (SSSR count). The van der Waals surface area contributed by atoms with E-state index in [4.69, 9.17) is 14.7 Å². The zero-order chi connectivity index (χ0) is 18.9. The highest BCUT2D eigenvalue weighted by Gasteiger charge is 2.09. The number of hydrogen-bond donors (Lipinski definition) is 2. The van der Waals surface area contributed by atoms with Crippen molar-refractivity contribution < 1.29 is 19.1 Å². The van der Waals surface area contributed by atoms with Crippen LogP contribution in [0.25, 0.3) is 0 Å². The fourth-order valence-electron chi connectivity index (χ4n) is 2.30. The van der Waals surface area contributed by atoms with Crippen LogP contribution >= 0.6 is 0 Å². The van der Waals surface area contributed by atoms with Crippen LogP contribution in [0.4, 0.5) is 11.4 Å². The zero-order valence-electron chi connectivity index (χ0n) is 14.5. The summed E-state index contributed by atoms with van der Waals surface area (Å²) in [5, 5.41) is 13.8. The van der Waals surface area contributed by atoms with Crippen molar-refractivity contribution >= 4 is 23.2 Å². The predicted molar refractivity (Wildman–Crippen MR) is 97.2 cm³/mol. The molecule has 0 heterocycles. The van der Waals surface area contributed by atoms with Crippen LogP contribution in [0.3, 0.4) is 0 Å². The van der Waals surface area contributed by atoms with Crippen molar-refractivity contribution in [3.8, 4) is 17.6 Å². The number of nitriles is 1. The summed E-state index contributed by atoms with van der Waals surface area (Å²) in [6.07, 6.45) is -0.0230. The molecule has 0 aromatic heterocycles. The number of nitrogens with one attached hydrogen (secondary N) is 2. The first-order valence-electron chi connectivity index (χ1n) is 7.83. The number of rotatable bonds is 7. The molecule has 0 fully saturated rings. The van der Waals surface area contributed by atoms with Crippen molar-refractivity contribution in [1.82, 2.24) is 0 Å². The highest BCUT2D eigenvalue weighted by molar-refractivity contribution is 5.94. The van der Waals surface area contributed by atoms with Gasteiger partial charge >= 0.3 is 0 Å². The van der Waals surface area contributed by atoms with Crippen LogP contribution in [-0.4, -0.2) is 26.0 Å². The van der Waals surface area contributed by atoms with Gasteiger partial charge in [0, 0.05) is 11.4 Å². The van der Waals surface area contributed by atoms with Gasteiger partial charge in [-0.1, -0.05) is 6.07 Å². The Hall–Kier alpha value is -3.53. The van der Waals surface area contributed by atoms with Crippen molar-refractivity contribution in [3.05, 3.63) is 48.0 Å². The van der Waals surface area contributed by atoms with Crippen LogP contribution < -0.4 is 20.1 Å². The van der Waals surface area contributed by atoms with Crippen LogP contribution in [0.15, 0.2) is 42.5 Å². The largest absolute Gasteiger partial charge is 0.493 e. The highest BCUT2D eigenvalue weighted by Crippen LogP contribution is 2.27. The fraction of sp³-hybridized carbons (Fsp3) is 0.211. The third kappa shape index (κ3) is 5.24. The molecule has 0 bridgehead atoms. The van der Waals surface area contributed by atoms with E-state index in [1.807, 2.05) is 0 Å². The number of anilines is 2. The van der Waals surface area contributed by atoms with E-state index in [-0.39, 0.29) is 24.7 Å². The normalized spacial score (nSPS) is 9.73. The summed E-state index contributed by atoms with van der Waals surface area (Å²) in [4.78, 5) is 23.5. The van der Waals surface area contributed by atoms with Crippen molar-refractivity contribution in [3.63, 3.8) is 0 Å². The number of ether oxygens (including phenoxy) is 2. The van der Waals surface area contributed by atoms with Gasteiger partial charge in [-0.15, -0.1) is 0 Å². The lowest BCUT2D eigenvalue weighted by atomic mass is 10.1. The van der Waals surface area contributed by atoms with E-state index in [2.05, 4.69) is 10.6 Å². The summed E-state index contributed by atoms with van der Waals surface area (Å²) in [5.41, 5.74) is 1.96. The smallest absolute Gasteiger partial charge is 0.238 e. The van der Waals surface area contributed by atoms with E-state index < -0.39 is 0 Å². The standard InChI is InChI=1S/C19H19N3O4/c1-25-16-8-3-13(11-17(16)26-2)12-19(24)22-15-6-4-14(5-7-15)21-18(23)9-10-20/h3-8,11H,9,12H2,1-2H3,(H,21,23)(H,22,24). The molecule has 7 nitrogen and oxygen atoms in total. The lowest BCUT2D eigenvalue weighted by Gasteiger charge is -2.10. The second-order valence-electron chi connectivity index (χ2n) is 5.37. The van der Waals surface area contributed by atoms with Gasteiger partial charge in [-0.2, -0.15) is 5.26 Å². The molecule has 7 heteroatoms. The summed E-state index contributed by atoms with van der Waals surface area (Å²) < 4.78 is 10.4. The van der Waals surface area contributed by atoms with Gasteiger partial charge in [0.1, 0.15) is 6.42 Å². The van der Waals surface area contributed by atoms with Gasteiger partial charge in [-0.25, -0.2) is 0 Å². The maximum absolute atomic E-state index is 12.2. The van der Waals surface area contributed by atoms with Crippen molar-refractivity contribution in [2.24, 2.45) is 0 Å². The van der Waals surface area contributed by atoms with Gasteiger partial charge in [0.05, 0.1) is 26.7 Å². The van der Waals surface area contributed by atoms with E-state index in [1.54, 1.807) is 62.8 Å². The van der Waals surface area contributed by atoms with Gasteiger partial charge in [0.25, 0.3) is 0 Å². The molecular weight excluding hydrogens is 334 g/mol. The lowest BCUT2D eigenvalue weighted by Crippen LogP contribution is -2.14. The summed E-state index contributed by atoms with van der Waals surface area (Å²) >= 11 is 0. The van der Waals surface area contributed by atoms with Crippen LogP contribution in [0.5, 0.6) is 11.5 Å². The Kier molecular flexibility index (Phi) is 6.57. The second-order valence-corrected chi connectivity index (χ2v) is 5.37. The summed E-state index contributed by atoms with van der Waals surface area (Å²) in [5.74, 6) is 0.609. The number of nitrogens with zero attached hydrogens (tertiary/aromatic N) is 1. The molecule has 2 aromatic carbocycles. The number of carbonyl (C=O) groups excluding carboxylic acids is 2. The summed E-state index contributed by atoms with van der Waals surface area (Å²) in [6.45, 7) is 0.